The number of fused-ring (bicyclic) bond motifs is 1. The highest BCUT2D eigenvalue weighted by atomic mass is 32.1. The van der Waals surface area contributed by atoms with Crippen molar-refractivity contribution in [1.29, 1.82) is 0 Å². The van der Waals surface area contributed by atoms with Gasteiger partial charge in [-0.05, 0) is 43.1 Å². The number of carbonyl (C=O) groups excluding carboxylic acids is 1. The maximum Gasteiger partial charge on any atom is 0.263 e. The Kier molecular flexibility index (Phi) is 6.83. The number of rotatable bonds is 8. The first-order valence-corrected chi connectivity index (χ1v) is 12.3. The molecule has 3 heterocycles. The van der Waals surface area contributed by atoms with Gasteiger partial charge in [0, 0.05) is 22.4 Å². The summed E-state index contributed by atoms with van der Waals surface area (Å²) in [6.45, 7) is 2.53. The molecule has 0 unspecified atom stereocenters. The lowest BCUT2D eigenvalue weighted by molar-refractivity contribution is -0.121. The number of thiophene rings is 2. The van der Waals surface area contributed by atoms with E-state index in [0.29, 0.717) is 16.8 Å². The third kappa shape index (κ3) is 4.67. The molecular formula is C24H26N4O2S2. The number of nitrogens with one attached hydrogen (secondary N) is 1. The zero-order valence-corrected chi connectivity index (χ0v) is 20.0. The average Bonchev–Trinajstić information content (AvgIpc) is 3.46. The first kappa shape index (κ1) is 22.4. The second-order valence-corrected chi connectivity index (χ2v) is 9.67. The minimum absolute atomic E-state index is 0.0458. The van der Waals surface area contributed by atoms with Gasteiger partial charge >= 0.3 is 0 Å². The van der Waals surface area contributed by atoms with Gasteiger partial charge in [0.05, 0.1) is 17.8 Å². The molecule has 8 heteroatoms. The smallest absolute Gasteiger partial charge is 0.263 e. The van der Waals surface area contributed by atoms with E-state index in [1.807, 2.05) is 37.0 Å². The summed E-state index contributed by atoms with van der Waals surface area (Å²) in [5, 5.41) is 7.51. The molecule has 0 bridgehead atoms. The summed E-state index contributed by atoms with van der Waals surface area (Å²) in [6, 6.07) is 12.5. The summed E-state index contributed by atoms with van der Waals surface area (Å²) in [6.07, 6.45) is 2.46. The van der Waals surface area contributed by atoms with Gasteiger partial charge in [-0.2, -0.15) is 0 Å². The Hall–Kier alpha value is -2.81. The van der Waals surface area contributed by atoms with Gasteiger partial charge in [0.1, 0.15) is 11.4 Å². The molecule has 1 amide bonds. The van der Waals surface area contributed by atoms with Crippen molar-refractivity contribution in [2.24, 2.45) is 0 Å². The zero-order valence-electron chi connectivity index (χ0n) is 18.4. The topological polar surface area (TPSA) is 67.2 Å². The number of aromatic nitrogens is 2. The quantitative estimate of drug-likeness (QED) is 0.423. The second kappa shape index (κ2) is 9.77. The van der Waals surface area contributed by atoms with Crippen LogP contribution >= 0.6 is 22.7 Å². The lowest BCUT2D eigenvalue weighted by Crippen LogP contribution is -2.37. The maximum absolute atomic E-state index is 13.1. The minimum atomic E-state index is -0.210. The van der Waals surface area contributed by atoms with Crippen molar-refractivity contribution in [3.8, 4) is 10.4 Å². The van der Waals surface area contributed by atoms with Crippen molar-refractivity contribution >= 4 is 38.8 Å². The molecule has 1 atom stereocenters. The Morgan fingerprint density at radius 1 is 1.19 bits per heavy atom. The summed E-state index contributed by atoms with van der Waals surface area (Å²) >= 11 is 3.03. The summed E-state index contributed by atoms with van der Waals surface area (Å²) in [5.74, 6) is -0.210. The molecule has 4 aromatic rings. The first-order valence-electron chi connectivity index (χ1n) is 10.5. The predicted molar refractivity (Wildman–Crippen MR) is 132 cm³/mol. The van der Waals surface area contributed by atoms with Crippen LogP contribution < -0.4 is 10.9 Å². The van der Waals surface area contributed by atoms with E-state index in [4.69, 9.17) is 0 Å². The molecule has 0 saturated carbocycles. The van der Waals surface area contributed by atoms with Crippen LogP contribution in [0.2, 0.25) is 0 Å². The SMILES string of the molecule is CCc1ccc([C@H](CNC(=O)Cn2cnc3scc(-c4cccs4)c3c2=O)N(C)C)cc1. The van der Waals surface area contributed by atoms with E-state index < -0.39 is 0 Å². The molecule has 166 valence electrons. The molecular weight excluding hydrogens is 440 g/mol. The molecule has 0 radical (unpaired) electrons. The predicted octanol–water partition coefficient (Wildman–Crippen LogP) is 4.17. The molecule has 32 heavy (non-hydrogen) atoms. The van der Waals surface area contributed by atoms with E-state index in [1.165, 1.54) is 27.8 Å². The van der Waals surface area contributed by atoms with Crippen molar-refractivity contribution < 1.29 is 4.79 Å². The molecule has 0 aliphatic carbocycles. The summed E-state index contributed by atoms with van der Waals surface area (Å²) in [5.41, 5.74) is 3.13. The van der Waals surface area contributed by atoms with Crippen LogP contribution in [0.1, 0.15) is 24.1 Å². The molecule has 3 aromatic heterocycles. The van der Waals surface area contributed by atoms with Crippen LogP contribution in [-0.2, 0) is 17.8 Å². The lowest BCUT2D eigenvalue weighted by atomic mass is 10.0. The Bertz CT molecular complexity index is 1260. The standard InChI is InChI=1S/C24H26N4O2S2/c1-4-16-7-9-17(10-8-16)19(27(2)3)12-25-21(29)13-28-15-26-23-22(24(28)30)18(14-32-23)20-6-5-11-31-20/h5-11,14-15,19H,4,12-13H2,1-3H3,(H,25,29)/t19-/m0/s1. The third-order valence-electron chi connectivity index (χ3n) is 5.55. The molecule has 0 aliphatic heterocycles. The fourth-order valence-corrected chi connectivity index (χ4v) is 5.41. The van der Waals surface area contributed by atoms with Gasteiger partial charge in [-0.25, -0.2) is 4.98 Å². The van der Waals surface area contributed by atoms with Crippen LogP contribution in [0.5, 0.6) is 0 Å². The molecule has 0 spiro atoms. The highest BCUT2D eigenvalue weighted by Gasteiger charge is 2.18. The van der Waals surface area contributed by atoms with Gasteiger partial charge in [-0.15, -0.1) is 22.7 Å². The van der Waals surface area contributed by atoms with Crippen LogP contribution in [0.15, 0.2) is 58.3 Å². The van der Waals surface area contributed by atoms with Crippen molar-refractivity contribution in [3.05, 3.63) is 75.0 Å². The number of carbonyl (C=O) groups is 1. The zero-order chi connectivity index (χ0) is 22.7. The van der Waals surface area contributed by atoms with Crippen molar-refractivity contribution in [2.45, 2.75) is 25.9 Å². The molecule has 1 N–H and O–H groups in total. The molecule has 0 aliphatic rings. The Balaban J connectivity index is 1.49. The Morgan fingerprint density at radius 2 is 1.97 bits per heavy atom. The van der Waals surface area contributed by atoms with E-state index >= 15 is 0 Å². The second-order valence-electron chi connectivity index (χ2n) is 7.86. The van der Waals surface area contributed by atoms with Gasteiger partial charge in [-0.3, -0.25) is 14.2 Å². The Labute approximate surface area is 195 Å². The maximum atomic E-state index is 13.1. The number of hydrogen-bond donors (Lipinski definition) is 1. The summed E-state index contributed by atoms with van der Waals surface area (Å²) in [4.78, 5) is 34.0. The van der Waals surface area contributed by atoms with Gasteiger partial charge in [-0.1, -0.05) is 37.3 Å². The molecule has 6 nitrogen and oxygen atoms in total. The molecule has 4 rings (SSSR count). The van der Waals surface area contributed by atoms with Gasteiger partial charge in [0.2, 0.25) is 5.91 Å². The molecule has 1 aromatic carbocycles. The van der Waals surface area contributed by atoms with E-state index in [1.54, 1.807) is 11.3 Å². The van der Waals surface area contributed by atoms with E-state index in [9.17, 15) is 9.59 Å². The number of amides is 1. The lowest BCUT2D eigenvalue weighted by Gasteiger charge is -2.25. The van der Waals surface area contributed by atoms with Crippen LogP contribution in [0.4, 0.5) is 0 Å². The number of hydrogen-bond acceptors (Lipinski definition) is 6. The van der Waals surface area contributed by atoms with Crippen LogP contribution in [0.25, 0.3) is 20.7 Å². The van der Waals surface area contributed by atoms with Crippen molar-refractivity contribution in [1.82, 2.24) is 19.8 Å². The van der Waals surface area contributed by atoms with Crippen molar-refractivity contribution in [2.75, 3.05) is 20.6 Å². The summed E-state index contributed by atoms with van der Waals surface area (Å²) in [7, 11) is 3.99. The fraction of sp³-hybridized carbons (Fsp3) is 0.292. The molecule has 0 fully saturated rings. The fourth-order valence-electron chi connectivity index (χ4n) is 3.69. The number of nitrogens with zero attached hydrogens (tertiary/aromatic N) is 3. The van der Waals surface area contributed by atoms with Gasteiger partial charge < -0.3 is 10.2 Å². The number of likely N-dealkylation sites (N-methyl/N-ethyl adjacent to an activating group) is 1. The van der Waals surface area contributed by atoms with E-state index in [0.717, 1.165) is 22.4 Å². The average molecular weight is 467 g/mol. The molecule has 0 saturated heterocycles. The normalized spacial score (nSPS) is 12.4. The summed E-state index contributed by atoms with van der Waals surface area (Å²) < 4.78 is 1.39. The minimum Gasteiger partial charge on any atom is -0.353 e. The largest absolute Gasteiger partial charge is 0.353 e. The van der Waals surface area contributed by atoms with Crippen LogP contribution in [0.3, 0.4) is 0 Å². The van der Waals surface area contributed by atoms with Gasteiger partial charge in [0.25, 0.3) is 5.56 Å². The van der Waals surface area contributed by atoms with Crippen LogP contribution in [0, 0.1) is 0 Å². The van der Waals surface area contributed by atoms with Crippen LogP contribution in [-0.4, -0.2) is 41.0 Å². The van der Waals surface area contributed by atoms with Crippen molar-refractivity contribution in [3.63, 3.8) is 0 Å². The Morgan fingerprint density at radius 3 is 2.62 bits per heavy atom. The number of aryl methyl sites for hydroxylation is 1. The van der Waals surface area contributed by atoms with E-state index in [-0.39, 0.29) is 24.1 Å². The highest BCUT2D eigenvalue weighted by Crippen LogP contribution is 2.33. The van der Waals surface area contributed by atoms with Gasteiger partial charge in [0.15, 0.2) is 0 Å². The monoisotopic (exact) mass is 466 g/mol. The third-order valence-corrected chi connectivity index (χ3v) is 7.34. The first-order chi connectivity index (χ1) is 15.5. The highest BCUT2D eigenvalue weighted by molar-refractivity contribution is 7.18. The van der Waals surface area contributed by atoms with E-state index in [2.05, 4.69) is 46.4 Å². The number of benzene rings is 1.